The van der Waals surface area contributed by atoms with Crippen molar-refractivity contribution in [2.45, 2.75) is 82.2 Å². The fraction of sp³-hybridized carbons (Fsp3) is 0.533. The van der Waals surface area contributed by atoms with Gasteiger partial charge in [-0.1, -0.05) is 94.8 Å². The van der Waals surface area contributed by atoms with Gasteiger partial charge >= 0.3 is 0 Å². The van der Waals surface area contributed by atoms with E-state index in [0.29, 0.717) is 13.0 Å². The van der Waals surface area contributed by atoms with Crippen molar-refractivity contribution in [3.05, 3.63) is 82.9 Å². The van der Waals surface area contributed by atoms with Gasteiger partial charge in [0.25, 0.3) is 0 Å². The Morgan fingerprint density at radius 3 is 1.97 bits per heavy atom. The topological polar surface area (TPSA) is 49.7 Å². The summed E-state index contributed by atoms with van der Waals surface area (Å²) >= 11 is 0. The molecule has 0 unspecified atom stereocenters. The van der Waals surface area contributed by atoms with E-state index in [1.54, 1.807) is 0 Å². The van der Waals surface area contributed by atoms with Crippen LogP contribution in [0.25, 0.3) is 0 Å². The van der Waals surface area contributed by atoms with Gasteiger partial charge in [-0.15, -0.1) is 0 Å². The molecule has 6 rings (SSSR count). The predicted molar refractivity (Wildman–Crippen MR) is 141 cm³/mol. The molecule has 4 aliphatic carbocycles. The zero-order chi connectivity index (χ0) is 24.5. The first-order chi connectivity index (χ1) is 16.0. The van der Waals surface area contributed by atoms with E-state index in [4.69, 9.17) is 4.43 Å². The SMILES string of the molecule is CCC[C@@]1(O)C=C[C@H](O)[C@]12C1c3ccccc3C(c3ccccc31)[C@H]2CO[Si](C)(C)C(C)(C)C. The van der Waals surface area contributed by atoms with Gasteiger partial charge in [0.15, 0.2) is 8.32 Å². The molecule has 34 heavy (non-hydrogen) atoms. The van der Waals surface area contributed by atoms with Gasteiger partial charge in [0.2, 0.25) is 0 Å². The summed E-state index contributed by atoms with van der Waals surface area (Å²) in [5.74, 6) is -0.0301. The Hall–Kier alpha value is -1.72. The molecule has 2 N–H and O–H groups in total. The summed E-state index contributed by atoms with van der Waals surface area (Å²) < 4.78 is 6.91. The quantitative estimate of drug-likeness (QED) is 0.390. The average Bonchev–Trinajstić information content (AvgIpc) is 3.03. The Bertz CT molecular complexity index is 1070. The molecule has 2 aromatic rings. The minimum absolute atomic E-state index is 0.0297. The van der Waals surface area contributed by atoms with Gasteiger partial charge in [-0.3, -0.25) is 0 Å². The van der Waals surface area contributed by atoms with Crippen molar-refractivity contribution in [3.63, 3.8) is 0 Å². The molecule has 0 saturated heterocycles. The highest BCUT2D eigenvalue weighted by Gasteiger charge is 2.70. The summed E-state index contributed by atoms with van der Waals surface area (Å²) in [6, 6.07) is 17.4. The summed E-state index contributed by atoms with van der Waals surface area (Å²) in [6.07, 6.45) is 4.52. The normalized spacial score (nSPS) is 33.9. The predicted octanol–water partition coefficient (Wildman–Crippen LogP) is 6.36. The highest BCUT2D eigenvalue weighted by molar-refractivity contribution is 6.74. The van der Waals surface area contributed by atoms with Crippen LogP contribution in [0.5, 0.6) is 0 Å². The first-order valence-corrected chi connectivity index (χ1v) is 15.8. The molecule has 0 aliphatic heterocycles. The van der Waals surface area contributed by atoms with Gasteiger partial charge < -0.3 is 14.6 Å². The van der Waals surface area contributed by atoms with E-state index < -0.39 is 25.4 Å². The van der Waals surface area contributed by atoms with Crippen molar-refractivity contribution in [3.8, 4) is 0 Å². The molecule has 0 aromatic heterocycles. The second kappa shape index (κ2) is 7.89. The lowest BCUT2D eigenvalue weighted by atomic mass is 9.42. The van der Waals surface area contributed by atoms with Crippen molar-refractivity contribution in [2.24, 2.45) is 11.3 Å². The van der Waals surface area contributed by atoms with Gasteiger partial charge in [0.05, 0.1) is 11.7 Å². The van der Waals surface area contributed by atoms with Gasteiger partial charge in [-0.25, -0.2) is 0 Å². The van der Waals surface area contributed by atoms with Crippen LogP contribution < -0.4 is 0 Å². The summed E-state index contributed by atoms with van der Waals surface area (Å²) in [4.78, 5) is 0. The van der Waals surface area contributed by atoms with Crippen LogP contribution >= 0.6 is 0 Å². The molecule has 0 heterocycles. The highest BCUT2D eigenvalue weighted by atomic mass is 28.4. The third-order valence-electron chi connectivity index (χ3n) is 9.63. The molecule has 4 heteroatoms. The fourth-order valence-electron chi connectivity index (χ4n) is 7.09. The van der Waals surface area contributed by atoms with Crippen LogP contribution in [-0.2, 0) is 4.43 Å². The lowest BCUT2D eigenvalue weighted by Gasteiger charge is -2.63. The van der Waals surface area contributed by atoms with Crippen molar-refractivity contribution in [1.29, 1.82) is 0 Å². The molecule has 0 radical (unpaired) electrons. The average molecular weight is 477 g/mol. The molecular weight excluding hydrogens is 436 g/mol. The van der Waals surface area contributed by atoms with E-state index in [2.05, 4.69) is 89.3 Å². The molecule has 1 spiro atoms. The Balaban J connectivity index is 1.75. The van der Waals surface area contributed by atoms with Crippen LogP contribution in [0.2, 0.25) is 18.1 Å². The Labute approximate surface area is 206 Å². The second-order valence-electron chi connectivity index (χ2n) is 12.3. The third kappa shape index (κ3) is 3.05. The molecule has 0 amide bonds. The van der Waals surface area contributed by atoms with Crippen molar-refractivity contribution in [2.75, 3.05) is 6.61 Å². The minimum atomic E-state index is -2.04. The lowest BCUT2D eigenvalue weighted by Crippen LogP contribution is -2.65. The standard InChI is InChI=1S/C30H40O3Si/c1-7-17-29(32)18-16-25(31)30(29)24(19-33-34(5,6)28(2,3)4)26-20-12-8-10-14-22(20)27(30)23-15-11-9-13-21(23)26/h8-16,18,24-27,31-32H,7,17,19H2,1-6H3/t24-,25+,26?,27?,29-,30-/m1/s1. The number of hydrogen-bond acceptors (Lipinski definition) is 3. The summed E-state index contributed by atoms with van der Waals surface area (Å²) in [5, 5.41) is 24.3. The maximum Gasteiger partial charge on any atom is 0.191 e. The lowest BCUT2D eigenvalue weighted by molar-refractivity contribution is -0.156. The van der Waals surface area contributed by atoms with Crippen LogP contribution in [0.1, 0.15) is 74.6 Å². The zero-order valence-electron chi connectivity index (χ0n) is 21.5. The van der Waals surface area contributed by atoms with E-state index in [1.165, 1.54) is 22.3 Å². The van der Waals surface area contributed by atoms with Gasteiger partial charge in [-0.2, -0.15) is 0 Å². The molecule has 2 bridgehead atoms. The van der Waals surface area contributed by atoms with E-state index in [9.17, 15) is 10.2 Å². The van der Waals surface area contributed by atoms with Crippen LogP contribution in [-0.4, -0.2) is 36.8 Å². The van der Waals surface area contributed by atoms with Gasteiger partial charge in [-0.05, 0) is 46.8 Å². The van der Waals surface area contributed by atoms with E-state index in [-0.39, 0.29) is 22.8 Å². The Morgan fingerprint density at radius 2 is 1.47 bits per heavy atom. The summed E-state index contributed by atoms with van der Waals surface area (Å²) in [6.45, 7) is 14.1. The van der Waals surface area contributed by atoms with E-state index >= 15 is 0 Å². The number of hydrogen-bond donors (Lipinski definition) is 2. The largest absolute Gasteiger partial charge is 0.416 e. The first kappa shape index (κ1) is 24.0. The van der Waals surface area contributed by atoms with Crippen molar-refractivity contribution < 1.29 is 14.6 Å². The van der Waals surface area contributed by atoms with E-state index in [0.717, 1.165) is 6.42 Å². The van der Waals surface area contributed by atoms with E-state index in [1.807, 2.05) is 12.2 Å². The summed E-state index contributed by atoms with van der Waals surface area (Å²) in [7, 11) is -2.04. The highest BCUT2D eigenvalue weighted by Crippen LogP contribution is 2.71. The van der Waals surface area contributed by atoms with Crippen molar-refractivity contribution in [1.82, 2.24) is 0 Å². The molecule has 182 valence electrons. The minimum Gasteiger partial charge on any atom is -0.416 e. The molecular formula is C30H40O3Si. The maximum atomic E-state index is 12.4. The number of aliphatic hydroxyl groups is 2. The Kier molecular flexibility index (Phi) is 5.57. The smallest absolute Gasteiger partial charge is 0.191 e. The Morgan fingerprint density at radius 1 is 0.941 bits per heavy atom. The van der Waals surface area contributed by atoms with Crippen LogP contribution in [0.15, 0.2) is 60.7 Å². The number of rotatable bonds is 5. The molecule has 4 aliphatic rings. The molecule has 2 aromatic carbocycles. The first-order valence-electron chi connectivity index (χ1n) is 12.9. The van der Waals surface area contributed by atoms with Crippen molar-refractivity contribution >= 4 is 8.32 Å². The van der Waals surface area contributed by atoms with Gasteiger partial charge in [0.1, 0.15) is 0 Å². The molecule has 0 saturated carbocycles. The second-order valence-corrected chi connectivity index (χ2v) is 17.1. The molecule has 0 fully saturated rings. The number of aliphatic hydroxyl groups excluding tert-OH is 1. The third-order valence-corrected chi connectivity index (χ3v) is 14.1. The van der Waals surface area contributed by atoms with Gasteiger partial charge in [0, 0.05) is 29.8 Å². The maximum absolute atomic E-state index is 12.4. The number of benzene rings is 2. The fourth-order valence-corrected chi connectivity index (χ4v) is 8.12. The van der Waals surface area contributed by atoms with Crippen LogP contribution in [0.4, 0.5) is 0 Å². The van der Waals surface area contributed by atoms with Crippen LogP contribution in [0.3, 0.4) is 0 Å². The zero-order valence-corrected chi connectivity index (χ0v) is 22.5. The summed E-state index contributed by atoms with van der Waals surface area (Å²) in [5.41, 5.74) is 3.34. The van der Waals surface area contributed by atoms with Crippen LogP contribution in [0, 0.1) is 11.3 Å². The molecule has 3 nitrogen and oxygen atoms in total. The molecule has 4 atom stereocenters. The monoisotopic (exact) mass is 476 g/mol.